The van der Waals surface area contributed by atoms with Gasteiger partial charge in [0.15, 0.2) is 0 Å². The van der Waals surface area contributed by atoms with Crippen molar-refractivity contribution in [1.82, 2.24) is 5.43 Å². The predicted octanol–water partition coefficient (Wildman–Crippen LogP) is 2.86. The van der Waals surface area contributed by atoms with E-state index >= 15 is 0 Å². The van der Waals surface area contributed by atoms with E-state index in [9.17, 15) is 4.79 Å². The van der Waals surface area contributed by atoms with Crippen molar-refractivity contribution in [2.75, 3.05) is 13.2 Å². The summed E-state index contributed by atoms with van der Waals surface area (Å²) in [5, 5.41) is 3.98. The molecule has 24 heavy (non-hydrogen) atoms. The quantitative estimate of drug-likeness (QED) is 0.484. The van der Waals surface area contributed by atoms with Gasteiger partial charge >= 0.3 is 0 Å². The average Bonchev–Trinajstić information content (AvgIpc) is 2.61. The SMILES string of the molecule is C#CCOc1ccccc1C=NNC(=O)c1ccccc1OCC. The largest absolute Gasteiger partial charge is 0.493 e. The van der Waals surface area contributed by atoms with E-state index in [1.165, 1.54) is 6.21 Å². The van der Waals surface area contributed by atoms with Gasteiger partial charge in [0.25, 0.3) is 5.91 Å². The van der Waals surface area contributed by atoms with Crippen LogP contribution in [-0.2, 0) is 0 Å². The molecule has 1 amide bonds. The Hall–Kier alpha value is -3.26. The number of terminal acetylenes is 1. The lowest BCUT2D eigenvalue weighted by Gasteiger charge is -2.08. The van der Waals surface area contributed by atoms with Gasteiger partial charge < -0.3 is 9.47 Å². The smallest absolute Gasteiger partial charge is 0.275 e. The first-order valence-electron chi connectivity index (χ1n) is 7.46. The molecule has 2 rings (SSSR count). The van der Waals surface area contributed by atoms with Crippen LogP contribution in [0.2, 0.25) is 0 Å². The number of para-hydroxylation sites is 2. The van der Waals surface area contributed by atoms with Crippen LogP contribution >= 0.6 is 0 Å². The van der Waals surface area contributed by atoms with Crippen LogP contribution in [0.3, 0.4) is 0 Å². The number of hydrogen-bond acceptors (Lipinski definition) is 4. The molecular formula is C19H18N2O3. The van der Waals surface area contributed by atoms with Crippen molar-refractivity contribution >= 4 is 12.1 Å². The van der Waals surface area contributed by atoms with E-state index in [0.29, 0.717) is 29.2 Å². The molecule has 0 aliphatic heterocycles. The molecule has 0 saturated carbocycles. The predicted molar refractivity (Wildman–Crippen MR) is 93.4 cm³/mol. The summed E-state index contributed by atoms with van der Waals surface area (Å²) in [6, 6.07) is 14.3. The van der Waals surface area contributed by atoms with Gasteiger partial charge in [-0.15, -0.1) is 6.42 Å². The molecule has 5 heteroatoms. The fourth-order valence-electron chi connectivity index (χ4n) is 1.99. The topological polar surface area (TPSA) is 59.9 Å². The maximum Gasteiger partial charge on any atom is 0.275 e. The van der Waals surface area contributed by atoms with Gasteiger partial charge in [-0.25, -0.2) is 5.43 Å². The zero-order valence-electron chi connectivity index (χ0n) is 13.4. The lowest BCUT2D eigenvalue weighted by Crippen LogP contribution is -2.18. The summed E-state index contributed by atoms with van der Waals surface area (Å²) in [4.78, 5) is 12.2. The van der Waals surface area contributed by atoms with Crippen molar-refractivity contribution in [1.29, 1.82) is 0 Å². The van der Waals surface area contributed by atoms with Crippen molar-refractivity contribution in [3.05, 3.63) is 59.7 Å². The molecule has 0 bridgehead atoms. The number of amides is 1. The highest BCUT2D eigenvalue weighted by Gasteiger charge is 2.10. The highest BCUT2D eigenvalue weighted by molar-refractivity contribution is 5.97. The van der Waals surface area contributed by atoms with E-state index in [2.05, 4.69) is 16.4 Å². The van der Waals surface area contributed by atoms with Gasteiger partial charge in [0, 0.05) is 5.56 Å². The summed E-state index contributed by atoms with van der Waals surface area (Å²) in [5.41, 5.74) is 3.62. The van der Waals surface area contributed by atoms with Gasteiger partial charge in [0.2, 0.25) is 0 Å². The molecule has 0 heterocycles. The molecule has 1 N–H and O–H groups in total. The van der Waals surface area contributed by atoms with Crippen LogP contribution in [-0.4, -0.2) is 25.3 Å². The van der Waals surface area contributed by atoms with Gasteiger partial charge in [-0.2, -0.15) is 5.10 Å². The van der Waals surface area contributed by atoms with Crippen LogP contribution in [0, 0.1) is 12.3 Å². The fourth-order valence-corrected chi connectivity index (χ4v) is 1.99. The monoisotopic (exact) mass is 322 g/mol. The van der Waals surface area contributed by atoms with Crippen molar-refractivity contribution in [2.45, 2.75) is 6.92 Å². The van der Waals surface area contributed by atoms with Crippen LogP contribution in [0.1, 0.15) is 22.8 Å². The molecule has 0 spiro atoms. The number of rotatable bonds is 7. The lowest BCUT2D eigenvalue weighted by molar-refractivity contribution is 0.0951. The Morgan fingerprint density at radius 2 is 1.88 bits per heavy atom. The van der Waals surface area contributed by atoms with Crippen LogP contribution in [0.15, 0.2) is 53.6 Å². The van der Waals surface area contributed by atoms with Crippen LogP contribution in [0.5, 0.6) is 11.5 Å². The third-order valence-electron chi connectivity index (χ3n) is 3.03. The molecule has 122 valence electrons. The zero-order chi connectivity index (χ0) is 17.2. The molecule has 2 aromatic carbocycles. The molecule has 5 nitrogen and oxygen atoms in total. The number of nitrogens with zero attached hydrogens (tertiary/aromatic N) is 1. The van der Waals surface area contributed by atoms with Crippen LogP contribution in [0.4, 0.5) is 0 Å². The minimum atomic E-state index is -0.350. The van der Waals surface area contributed by atoms with E-state index in [0.717, 1.165) is 0 Å². The summed E-state index contributed by atoms with van der Waals surface area (Å²) in [6.07, 6.45) is 6.70. The van der Waals surface area contributed by atoms with E-state index in [4.69, 9.17) is 15.9 Å². The summed E-state index contributed by atoms with van der Waals surface area (Å²) >= 11 is 0. The van der Waals surface area contributed by atoms with Gasteiger partial charge in [-0.3, -0.25) is 4.79 Å². The van der Waals surface area contributed by atoms with Crippen molar-refractivity contribution in [2.24, 2.45) is 5.10 Å². The van der Waals surface area contributed by atoms with Gasteiger partial charge in [0.1, 0.15) is 18.1 Å². The molecule has 0 radical (unpaired) electrons. The Morgan fingerprint density at radius 1 is 1.17 bits per heavy atom. The molecule has 0 aromatic heterocycles. The fraction of sp³-hybridized carbons (Fsp3) is 0.158. The lowest BCUT2D eigenvalue weighted by atomic mass is 10.2. The molecule has 2 aromatic rings. The second-order valence-electron chi connectivity index (χ2n) is 4.66. The third kappa shape index (κ3) is 4.62. The van der Waals surface area contributed by atoms with Gasteiger partial charge in [-0.1, -0.05) is 30.2 Å². The summed E-state index contributed by atoms with van der Waals surface area (Å²) in [7, 11) is 0. The number of hydrogen-bond donors (Lipinski definition) is 1. The van der Waals surface area contributed by atoms with Crippen molar-refractivity contribution in [3.8, 4) is 23.8 Å². The molecule has 0 fully saturated rings. The first-order chi connectivity index (χ1) is 11.8. The Labute approximate surface area is 141 Å². The Morgan fingerprint density at radius 3 is 2.62 bits per heavy atom. The number of benzene rings is 2. The van der Waals surface area contributed by atoms with Gasteiger partial charge in [0.05, 0.1) is 18.4 Å². The van der Waals surface area contributed by atoms with E-state index in [1.54, 1.807) is 24.3 Å². The average molecular weight is 322 g/mol. The van der Waals surface area contributed by atoms with Crippen molar-refractivity contribution in [3.63, 3.8) is 0 Å². The first-order valence-corrected chi connectivity index (χ1v) is 7.46. The molecule has 0 aliphatic rings. The Bertz CT molecular complexity index is 763. The minimum Gasteiger partial charge on any atom is -0.493 e. The first kappa shape index (κ1) is 17.1. The van der Waals surface area contributed by atoms with E-state index in [1.807, 2.05) is 31.2 Å². The highest BCUT2D eigenvalue weighted by atomic mass is 16.5. The number of ether oxygens (including phenoxy) is 2. The summed E-state index contributed by atoms with van der Waals surface area (Å²) < 4.78 is 10.9. The summed E-state index contributed by atoms with van der Waals surface area (Å²) in [5.74, 6) is 3.18. The maximum absolute atomic E-state index is 12.2. The number of carbonyl (C=O) groups excluding carboxylic acids is 1. The Kier molecular flexibility index (Phi) is 6.42. The molecule has 0 aliphatic carbocycles. The molecule has 0 atom stereocenters. The number of carbonyl (C=O) groups is 1. The van der Waals surface area contributed by atoms with Crippen molar-refractivity contribution < 1.29 is 14.3 Å². The molecule has 0 unspecified atom stereocenters. The number of hydrazone groups is 1. The maximum atomic E-state index is 12.2. The van der Waals surface area contributed by atoms with Crippen LogP contribution < -0.4 is 14.9 Å². The van der Waals surface area contributed by atoms with E-state index < -0.39 is 0 Å². The minimum absolute atomic E-state index is 0.166. The number of nitrogens with one attached hydrogen (secondary N) is 1. The third-order valence-corrected chi connectivity index (χ3v) is 3.03. The highest BCUT2D eigenvalue weighted by Crippen LogP contribution is 2.18. The standard InChI is InChI=1S/C19H18N2O3/c1-3-13-24-17-11-7-5-9-15(17)14-20-21-19(22)16-10-6-8-12-18(16)23-4-2/h1,5-12,14H,4,13H2,2H3,(H,21,22). The Balaban J connectivity index is 2.07. The van der Waals surface area contributed by atoms with Gasteiger partial charge in [-0.05, 0) is 31.2 Å². The molecule has 0 saturated heterocycles. The van der Waals surface area contributed by atoms with E-state index in [-0.39, 0.29) is 12.5 Å². The summed E-state index contributed by atoms with van der Waals surface area (Å²) in [6.45, 7) is 2.51. The second kappa shape index (κ2) is 9.01. The zero-order valence-corrected chi connectivity index (χ0v) is 13.4. The normalized spacial score (nSPS) is 10.2. The molecular weight excluding hydrogens is 304 g/mol. The van der Waals surface area contributed by atoms with Crippen LogP contribution in [0.25, 0.3) is 0 Å². The second-order valence-corrected chi connectivity index (χ2v) is 4.66.